The van der Waals surface area contributed by atoms with E-state index in [0.29, 0.717) is 18.6 Å². The van der Waals surface area contributed by atoms with Gasteiger partial charge in [-0.15, -0.1) is 0 Å². The maximum Gasteiger partial charge on any atom is 0.223 e. The number of ether oxygens (including phenoxy) is 1. The molecule has 1 N–H and O–H groups in total. The van der Waals surface area contributed by atoms with Gasteiger partial charge in [-0.3, -0.25) is 4.79 Å². The summed E-state index contributed by atoms with van der Waals surface area (Å²) in [6.45, 7) is 4.81. The molecule has 0 bridgehead atoms. The molecule has 3 aliphatic rings. The Kier molecular flexibility index (Phi) is 6.65. The zero-order valence-corrected chi connectivity index (χ0v) is 17.9. The quantitative estimate of drug-likeness (QED) is 0.753. The second kappa shape index (κ2) is 9.39. The van der Waals surface area contributed by atoms with Crippen molar-refractivity contribution in [2.45, 2.75) is 57.0 Å². The van der Waals surface area contributed by atoms with Gasteiger partial charge in [-0.1, -0.05) is 0 Å². The van der Waals surface area contributed by atoms with Crippen molar-refractivity contribution in [3.05, 3.63) is 17.6 Å². The highest BCUT2D eigenvalue weighted by Crippen LogP contribution is 2.38. The predicted octanol–water partition coefficient (Wildman–Crippen LogP) is 1.97. The van der Waals surface area contributed by atoms with E-state index in [0.717, 1.165) is 75.6 Å². The van der Waals surface area contributed by atoms with E-state index in [2.05, 4.69) is 28.2 Å². The average molecular weight is 402 g/mol. The molecule has 1 saturated heterocycles. The van der Waals surface area contributed by atoms with Crippen LogP contribution < -0.4 is 10.2 Å². The summed E-state index contributed by atoms with van der Waals surface area (Å²) in [6.07, 6.45) is 7.32. The number of piperazine rings is 1. The summed E-state index contributed by atoms with van der Waals surface area (Å²) in [5, 5.41) is 3.14. The van der Waals surface area contributed by atoms with E-state index in [1.54, 1.807) is 7.11 Å². The molecule has 2 saturated carbocycles. The minimum atomic E-state index is 0.134. The van der Waals surface area contributed by atoms with Crippen LogP contribution >= 0.6 is 0 Å². The van der Waals surface area contributed by atoms with Crippen LogP contribution in [0.15, 0.2) is 6.07 Å². The van der Waals surface area contributed by atoms with Crippen molar-refractivity contribution in [2.24, 2.45) is 5.92 Å². The van der Waals surface area contributed by atoms with E-state index < -0.39 is 0 Å². The molecule has 1 aliphatic heterocycles. The number of rotatable bonds is 7. The van der Waals surface area contributed by atoms with Crippen molar-refractivity contribution < 1.29 is 9.53 Å². The van der Waals surface area contributed by atoms with Crippen LogP contribution in [0.2, 0.25) is 0 Å². The standard InChI is InChI=1S/C22H35N5O2/c1-26-11-13-27(14-12-26)20-15-18(24-21(25-20)16-3-4-16)9-10-23-22(28)17-5-7-19(29-2)8-6-17/h15-17,19H,3-14H2,1-2H3,(H,23,28). The molecule has 1 amide bonds. The van der Waals surface area contributed by atoms with E-state index in [9.17, 15) is 4.79 Å². The Morgan fingerprint density at radius 3 is 2.48 bits per heavy atom. The van der Waals surface area contributed by atoms with Gasteiger partial charge in [0.1, 0.15) is 11.6 Å². The van der Waals surface area contributed by atoms with Crippen LogP contribution in [-0.4, -0.2) is 73.8 Å². The van der Waals surface area contributed by atoms with Gasteiger partial charge in [0.25, 0.3) is 0 Å². The van der Waals surface area contributed by atoms with Gasteiger partial charge in [-0.25, -0.2) is 9.97 Å². The highest BCUT2D eigenvalue weighted by atomic mass is 16.5. The van der Waals surface area contributed by atoms with Crippen LogP contribution in [0.3, 0.4) is 0 Å². The number of hydrogen-bond acceptors (Lipinski definition) is 6. The Hall–Kier alpha value is -1.73. The summed E-state index contributed by atoms with van der Waals surface area (Å²) in [7, 11) is 3.93. The Balaban J connectivity index is 1.32. The smallest absolute Gasteiger partial charge is 0.223 e. The maximum absolute atomic E-state index is 12.5. The fraction of sp³-hybridized carbons (Fsp3) is 0.773. The molecule has 4 rings (SSSR count). The monoisotopic (exact) mass is 401 g/mol. The maximum atomic E-state index is 12.5. The first-order valence-electron chi connectivity index (χ1n) is 11.2. The van der Waals surface area contributed by atoms with Gasteiger partial charge >= 0.3 is 0 Å². The minimum Gasteiger partial charge on any atom is -0.381 e. The average Bonchev–Trinajstić information content (AvgIpc) is 3.59. The van der Waals surface area contributed by atoms with E-state index >= 15 is 0 Å². The third-order valence-corrected chi connectivity index (χ3v) is 6.61. The van der Waals surface area contributed by atoms with Crippen molar-refractivity contribution in [2.75, 3.05) is 51.8 Å². The number of nitrogens with zero attached hydrogens (tertiary/aromatic N) is 4. The van der Waals surface area contributed by atoms with Crippen molar-refractivity contribution >= 4 is 11.7 Å². The van der Waals surface area contributed by atoms with Crippen LogP contribution in [-0.2, 0) is 16.0 Å². The number of hydrogen-bond donors (Lipinski definition) is 1. The molecule has 1 aromatic heterocycles. The van der Waals surface area contributed by atoms with Gasteiger partial charge in [0.2, 0.25) is 5.91 Å². The van der Waals surface area contributed by atoms with E-state index in [-0.39, 0.29) is 11.8 Å². The number of aromatic nitrogens is 2. The lowest BCUT2D eigenvalue weighted by molar-refractivity contribution is -0.126. The number of amides is 1. The third-order valence-electron chi connectivity index (χ3n) is 6.61. The largest absolute Gasteiger partial charge is 0.381 e. The van der Waals surface area contributed by atoms with Crippen LogP contribution in [0.25, 0.3) is 0 Å². The number of carbonyl (C=O) groups is 1. The van der Waals surface area contributed by atoms with Gasteiger partial charge in [-0.05, 0) is 45.6 Å². The topological polar surface area (TPSA) is 70.6 Å². The second-order valence-electron chi connectivity index (χ2n) is 8.89. The fourth-order valence-electron chi connectivity index (χ4n) is 4.37. The molecule has 0 aromatic carbocycles. The van der Waals surface area contributed by atoms with Gasteiger partial charge < -0.3 is 19.9 Å². The molecule has 0 radical (unpaired) electrons. The zero-order valence-electron chi connectivity index (χ0n) is 17.9. The third kappa shape index (κ3) is 5.45. The molecule has 1 aromatic rings. The molecule has 3 fully saturated rings. The summed E-state index contributed by atoms with van der Waals surface area (Å²) in [5.41, 5.74) is 1.05. The normalized spacial score (nSPS) is 25.8. The molecule has 160 valence electrons. The first-order chi connectivity index (χ1) is 14.1. The molecule has 2 heterocycles. The van der Waals surface area contributed by atoms with E-state index in [1.165, 1.54) is 12.8 Å². The van der Waals surface area contributed by atoms with Crippen LogP contribution in [0.1, 0.15) is 56.0 Å². The molecule has 0 unspecified atom stereocenters. The predicted molar refractivity (Wildman–Crippen MR) is 113 cm³/mol. The highest BCUT2D eigenvalue weighted by Gasteiger charge is 2.29. The number of carbonyl (C=O) groups excluding carboxylic acids is 1. The lowest BCUT2D eigenvalue weighted by atomic mass is 9.87. The summed E-state index contributed by atoms with van der Waals surface area (Å²) in [5.74, 6) is 2.92. The van der Waals surface area contributed by atoms with Gasteiger partial charge in [0.15, 0.2) is 0 Å². The Morgan fingerprint density at radius 2 is 1.83 bits per heavy atom. The summed E-state index contributed by atoms with van der Waals surface area (Å²) in [4.78, 5) is 26.9. The fourth-order valence-corrected chi connectivity index (χ4v) is 4.37. The molecule has 0 spiro atoms. The first kappa shape index (κ1) is 20.5. The summed E-state index contributed by atoms with van der Waals surface area (Å²) >= 11 is 0. The number of anilines is 1. The number of likely N-dealkylation sites (N-methyl/N-ethyl adjacent to an activating group) is 1. The van der Waals surface area contributed by atoms with Crippen LogP contribution in [0, 0.1) is 5.92 Å². The lowest BCUT2D eigenvalue weighted by Gasteiger charge is -2.33. The SMILES string of the molecule is COC1CCC(C(=O)NCCc2cc(N3CCN(C)CC3)nc(C3CC3)n2)CC1. The zero-order chi connectivity index (χ0) is 20.2. The van der Waals surface area contributed by atoms with Crippen LogP contribution in [0.4, 0.5) is 5.82 Å². The van der Waals surface area contributed by atoms with Crippen molar-refractivity contribution in [3.8, 4) is 0 Å². The number of methoxy groups -OCH3 is 1. The minimum absolute atomic E-state index is 0.134. The summed E-state index contributed by atoms with van der Waals surface area (Å²) < 4.78 is 5.41. The molecular weight excluding hydrogens is 366 g/mol. The molecule has 7 heteroatoms. The number of nitrogens with one attached hydrogen (secondary N) is 1. The highest BCUT2D eigenvalue weighted by molar-refractivity contribution is 5.78. The van der Waals surface area contributed by atoms with E-state index in [1.807, 2.05) is 0 Å². The van der Waals surface area contributed by atoms with Crippen molar-refractivity contribution in [3.63, 3.8) is 0 Å². The first-order valence-corrected chi connectivity index (χ1v) is 11.2. The molecule has 7 nitrogen and oxygen atoms in total. The Bertz CT molecular complexity index is 692. The van der Waals surface area contributed by atoms with Gasteiger partial charge in [0.05, 0.1) is 6.10 Å². The van der Waals surface area contributed by atoms with E-state index in [4.69, 9.17) is 14.7 Å². The molecule has 0 atom stereocenters. The van der Waals surface area contributed by atoms with Gasteiger partial charge in [0, 0.05) is 69.9 Å². The second-order valence-corrected chi connectivity index (χ2v) is 8.89. The van der Waals surface area contributed by atoms with Gasteiger partial charge in [-0.2, -0.15) is 0 Å². The lowest BCUT2D eigenvalue weighted by Crippen LogP contribution is -2.45. The van der Waals surface area contributed by atoms with Crippen LogP contribution in [0.5, 0.6) is 0 Å². The Morgan fingerprint density at radius 1 is 1.10 bits per heavy atom. The van der Waals surface area contributed by atoms with Crippen molar-refractivity contribution in [1.29, 1.82) is 0 Å². The molecule has 2 aliphatic carbocycles. The van der Waals surface area contributed by atoms with Crippen molar-refractivity contribution in [1.82, 2.24) is 20.2 Å². The molecular formula is C22H35N5O2. The Labute approximate surface area is 174 Å². The summed E-state index contributed by atoms with van der Waals surface area (Å²) in [6, 6.07) is 2.13. The molecule has 29 heavy (non-hydrogen) atoms.